The summed E-state index contributed by atoms with van der Waals surface area (Å²) in [6.45, 7) is 4.63. The minimum absolute atomic E-state index is 0.246. The van der Waals surface area contributed by atoms with Crippen molar-refractivity contribution in [3.05, 3.63) is 29.3 Å². The van der Waals surface area contributed by atoms with E-state index < -0.39 is 0 Å². The van der Waals surface area contributed by atoms with Crippen molar-refractivity contribution in [2.45, 2.75) is 19.8 Å². The fourth-order valence-electron chi connectivity index (χ4n) is 1.69. The number of aryl methyl sites for hydroxylation is 1. The molecule has 1 atom stereocenters. The van der Waals surface area contributed by atoms with Crippen LogP contribution in [0.1, 0.15) is 24.0 Å². The van der Waals surface area contributed by atoms with Crippen LogP contribution in [0.15, 0.2) is 18.2 Å². The molecule has 1 rings (SSSR count). The Kier molecular flexibility index (Phi) is 3.92. The second kappa shape index (κ2) is 4.98. The van der Waals surface area contributed by atoms with Gasteiger partial charge in [0.25, 0.3) is 0 Å². The van der Waals surface area contributed by atoms with E-state index in [4.69, 9.17) is 10.6 Å². The van der Waals surface area contributed by atoms with E-state index in [2.05, 4.69) is 24.8 Å². The SMILES string of the molecule is COc1cccc(C)c1C(C)CON. The Balaban J connectivity index is 3.03. The Morgan fingerprint density at radius 3 is 2.71 bits per heavy atom. The lowest BCUT2D eigenvalue weighted by Gasteiger charge is -2.16. The molecule has 3 nitrogen and oxygen atoms in total. The van der Waals surface area contributed by atoms with Crippen molar-refractivity contribution in [3.8, 4) is 5.75 Å². The number of methoxy groups -OCH3 is 1. The van der Waals surface area contributed by atoms with Gasteiger partial charge in [0.15, 0.2) is 0 Å². The van der Waals surface area contributed by atoms with Crippen LogP contribution >= 0.6 is 0 Å². The molecule has 0 bridgehead atoms. The molecule has 0 aliphatic rings. The quantitative estimate of drug-likeness (QED) is 0.747. The summed E-state index contributed by atoms with van der Waals surface area (Å²) in [4.78, 5) is 4.66. The smallest absolute Gasteiger partial charge is 0.122 e. The molecule has 0 spiro atoms. The van der Waals surface area contributed by atoms with Crippen LogP contribution in [0, 0.1) is 6.92 Å². The molecule has 3 heteroatoms. The predicted molar refractivity (Wildman–Crippen MR) is 56.3 cm³/mol. The normalized spacial score (nSPS) is 12.6. The van der Waals surface area contributed by atoms with Gasteiger partial charge in [0, 0.05) is 11.5 Å². The van der Waals surface area contributed by atoms with E-state index >= 15 is 0 Å². The topological polar surface area (TPSA) is 44.5 Å². The summed E-state index contributed by atoms with van der Waals surface area (Å²) in [5.41, 5.74) is 2.37. The fourth-order valence-corrected chi connectivity index (χ4v) is 1.69. The van der Waals surface area contributed by atoms with Crippen LogP contribution in [0.5, 0.6) is 5.75 Å². The Hall–Kier alpha value is -1.06. The first-order valence-corrected chi connectivity index (χ1v) is 4.66. The summed E-state index contributed by atoms with van der Waals surface area (Å²) in [5, 5.41) is 0. The highest BCUT2D eigenvalue weighted by Crippen LogP contribution is 2.29. The molecule has 0 aliphatic carbocycles. The van der Waals surface area contributed by atoms with Gasteiger partial charge in [0.2, 0.25) is 0 Å². The molecule has 1 aromatic carbocycles. The summed E-state index contributed by atoms with van der Waals surface area (Å²) in [7, 11) is 1.67. The molecule has 1 unspecified atom stereocenters. The highest BCUT2D eigenvalue weighted by molar-refractivity contribution is 5.42. The molecule has 0 fully saturated rings. The lowest BCUT2D eigenvalue weighted by Crippen LogP contribution is -2.10. The van der Waals surface area contributed by atoms with Crippen LogP contribution in [-0.4, -0.2) is 13.7 Å². The van der Waals surface area contributed by atoms with E-state index in [1.54, 1.807) is 7.11 Å². The molecular weight excluding hydrogens is 178 g/mol. The van der Waals surface area contributed by atoms with Gasteiger partial charge in [-0.15, -0.1) is 0 Å². The number of nitrogens with two attached hydrogens (primary N) is 1. The minimum atomic E-state index is 0.246. The zero-order valence-corrected chi connectivity index (χ0v) is 8.91. The molecule has 0 amide bonds. The third kappa shape index (κ3) is 2.25. The molecule has 14 heavy (non-hydrogen) atoms. The molecule has 0 radical (unpaired) electrons. The first-order chi connectivity index (χ1) is 6.70. The van der Waals surface area contributed by atoms with E-state index in [0.717, 1.165) is 5.75 Å². The van der Waals surface area contributed by atoms with Gasteiger partial charge in [-0.2, -0.15) is 0 Å². The van der Waals surface area contributed by atoms with E-state index in [1.807, 2.05) is 12.1 Å². The van der Waals surface area contributed by atoms with Crippen molar-refractivity contribution in [2.24, 2.45) is 5.90 Å². The largest absolute Gasteiger partial charge is 0.496 e. The molecule has 2 N–H and O–H groups in total. The van der Waals surface area contributed by atoms with Gasteiger partial charge < -0.3 is 9.57 Å². The van der Waals surface area contributed by atoms with Crippen molar-refractivity contribution in [2.75, 3.05) is 13.7 Å². The highest BCUT2D eigenvalue weighted by atomic mass is 16.6. The molecule has 0 aliphatic heterocycles. The molecule has 78 valence electrons. The molecule has 0 saturated carbocycles. The maximum absolute atomic E-state index is 5.30. The zero-order chi connectivity index (χ0) is 10.6. The summed E-state index contributed by atoms with van der Waals surface area (Å²) in [6.07, 6.45) is 0. The number of rotatable bonds is 4. The summed E-state index contributed by atoms with van der Waals surface area (Å²) < 4.78 is 5.30. The average Bonchev–Trinajstić information content (AvgIpc) is 2.17. The third-order valence-electron chi connectivity index (χ3n) is 2.34. The van der Waals surface area contributed by atoms with Crippen LogP contribution in [-0.2, 0) is 4.84 Å². The van der Waals surface area contributed by atoms with Gasteiger partial charge in [-0.05, 0) is 18.6 Å². The summed E-state index contributed by atoms with van der Waals surface area (Å²) in [5.74, 6) is 6.21. The average molecular weight is 195 g/mol. The van der Waals surface area contributed by atoms with Crippen molar-refractivity contribution in [1.82, 2.24) is 0 Å². The maximum atomic E-state index is 5.30. The highest BCUT2D eigenvalue weighted by Gasteiger charge is 2.13. The minimum Gasteiger partial charge on any atom is -0.496 e. The second-order valence-corrected chi connectivity index (χ2v) is 3.43. The van der Waals surface area contributed by atoms with Crippen molar-refractivity contribution >= 4 is 0 Å². The van der Waals surface area contributed by atoms with Crippen LogP contribution < -0.4 is 10.6 Å². The first-order valence-electron chi connectivity index (χ1n) is 4.66. The third-order valence-corrected chi connectivity index (χ3v) is 2.34. The Labute approximate surface area is 84.8 Å². The summed E-state index contributed by atoms with van der Waals surface area (Å²) >= 11 is 0. The molecule has 0 saturated heterocycles. The van der Waals surface area contributed by atoms with E-state index in [9.17, 15) is 0 Å². The second-order valence-electron chi connectivity index (χ2n) is 3.43. The lowest BCUT2D eigenvalue weighted by molar-refractivity contribution is 0.126. The Morgan fingerprint density at radius 1 is 1.43 bits per heavy atom. The zero-order valence-electron chi connectivity index (χ0n) is 8.91. The Morgan fingerprint density at radius 2 is 2.14 bits per heavy atom. The first kappa shape index (κ1) is 11.0. The van der Waals surface area contributed by atoms with Crippen molar-refractivity contribution in [1.29, 1.82) is 0 Å². The van der Waals surface area contributed by atoms with Gasteiger partial charge in [0.1, 0.15) is 5.75 Å². The standard InChI is InChI=1S/C11H17NO2/c1-8-5-4-6-10(13-3)11(8)9(2)7-14-12/h4-6,9H,7,12H2,1-3H3. The van der Waals surface area contributed by atoms with Crippen LogP contribution in [0.25, 0.3) is 0 Å². The number of hydrogen-bond acceptors (Lipinski definition) is 3. The summed E-state index contributed by atoms with van der Waals surface area (Å²) in [6, 6.07) is 5.99. The number of benzene rings is 1. The maximum Gasteiger partial charge on any atom is 0.122 e. The molecule has 1 aromatic rings. The van der Waals surface area contributed by atoms with E-state index in [-0.39, 0.29) is 5.92 Å². The Bertz CT molecular complexity index is 299. The van der Waals surface area contributed by atoms with Gasteiger partial charge in [-0.25, -0.2) is 5.90 Å². The van der Waals surface area contributed by atoms with Crippen LogP contribution in [0.2, 0.25) is 0 Å². The van der Waals surface area contributed by atoms with Crippen molar-refractivity contribution < 1.29 is 9.57 Å². The monoisotopic (exact) mass is 195 g/mol. The lowest BCUT2D eigenvalue weighted by atomic mass is 9.96. The van der Waals surface area contributed by atoms with Gasteiger partial charge in [-0.3, -0.25) is 0 Å². The molecule has 0 aromatic heterocycles. The van der Waals surface area contributed by atoms with Crippen molar-refractivity contribution in [3.63, 3.8) is 0 Å². The molecule has 0 heterocycles. The van der Waals surface area contributed by atoms with Gasteiger partial charge in [-0.1, -0.05) is 19.1 Å². The number of hydrogen-bond donors (Lipinski definition) is 1. The van der Waals surface area contributed by atoms with E-state index in [0.29, 0.717) is 6.61 Å². The van der Waals surface area contributed by atoms with E-state index in [1.165, 1.54) is 11.1 Å². The van der Waals surface area contributed by atoms with Gasteiger partial charge in [0.05, 0.1) is 13.7 Å². The number of ether oxygens (including phenoxy) is 1. The molecular formula is C11H17NO2. The van der Waals surface area contributed by atoms with Crippen LogP contribution in [0.4, 0.5) is 0 Å². The fraction of sp³-hybridized carbons (Fsp3) is 0.455. The predicted octanol–water partition coefficient (Wildman–Crippen LogP) is 2.00. The van der Waals surface area contributed by atoms with Crippen LogP contribution in [0.3, 0.4) is 0 Å². The van der Waals surface area contributed by atoms with Gasteiger partial charge >= 0.3 is 0 Å².